The van der Waals surface area contributed by atoms with E-state index in [4.69, 9.17) is 28.4 Å². The summed E-state index contributed by atoms with van der Waals surface area (Å²) in [5.74, 6) is 0. The van der Waals surface area contributed by atoms with Crippen LogP contribution in [0.25, 0.3) is 0 Å². The van der Waals surface area contributed by atoms with Crippen molar-refractivity contribution in [2.24, 2.45) is 5.73 Å². The summed E-state index contributed by atoms with van der Waals surface area (Å²) in [5.41, 5.74) is 4.60. The molecule has 5 N–H and O–H groups in total. The average molecular weight is 201 g/mol. The Balaban J connectivity index is 0. The van der Waals surface area contributed by atoms with Crippen molar-refractivity contribution in [3.05, 3.63) is 0 Å². The van der Waals surface area contributed by atoms with Crippen LogP contribution in [0.4, 0.5) is 0 Å². The Morgan fingerprint density at radius 2 is 1.42 bits per heavy atom. The molecule has 0 saturated carbocycles. The molecule has 0 aliphatic heterocycles. The first-order chi connectivity index (χ1) is 4.94. The summed E-state index contributed by atoms with van der Waals surface area (Å²) in [6.45, 7) is 5.16. The van der Waals surface area contributed by atoms with Gasteiger partial charge in [0.25, 0.3) is 0 Å². The van der Waals surface area contributed by atoms with Crippen molar-refractivity contribution in [2.45, 2.75) is 32.4 Å². The molecular formula is C5H15NO5S. The van der Waals surface area contributed by atoms with Gasteiger partial charge in [-0.05, 0) is 20.8 Å². The van der Waals surface area contributed by atoms with Gasteiger partial charge in [0.2, 0.25) is 0 Å². The second kappa shape index (κ2) is 4.73. The van der Waals surface area contributed by atoms with Crippen LogP contribution in [0.15, 0.2) is 0 Å². The van der Waals surface area contributed by atoms with E-state index in [0.717, 1.165) is 0 Å². The molecule has 0 saturated heterocycles. The van der Waals surface area contributed by atoms with Gasteiger partial charge in [-0.2, -0.15) is 8.42 Å². The van der Waals surface area contributed by atoms with E-state index < -0.39 is 16.0 Å². The summed E-state index contributed by atoms with van der Waals surface area (Å²) in [4.78, 5) is 0. The lowest BCUT2D eigenvalue weighted by molar-refractivity contribution is 0.0582. The monoisotopic (exact) mass is 201 g/mol. The molecule has 0 bridgehead atoms. The van der Waals surface area contributed by atoms with Gasteiger partial charge < -0.3 is 10.8 Å². The molecule has 1 unspecified atom stereocenters. The Hall–Kier alpha value is -0.210. The molecule has 0 aromatic carbocycles. The van der Waals surface area contributed by atoms with Crippen molar-refractivity contribution < 1.29 is 22.6 Å². The Bertz CT molecular complexity index is 194. The molecule has 12 heavy (non-hydrogen) atoms. The van der Waals surface area contributed by atoms with Crippen molar-refractivity contribution >= 4 is 10.4 Å². The molecule has 0 radical (unpaired) electrons. The van der Waals surface area contributed by atoms with Gasteiger partial charge in [0.15, 0.2) is 0 Å². The van der Waals surface area contributed by atoms with Gasteiger partial charge in [0.05, 0.1) is 5.60 Å². The standard InChI is InChI=1S/C5H13NO.H2O4S/c1-4(6)5(2,3)7;1-5(2,3)4/h4,7H,6H2,1-3H3;(H2,1,2,3,4). The molecule has 1 atom stereocenters. The lowest BCUT2D eigenvalue weighted by Gasteiger charge is -2.20. The highest BCUT2D eigenvalue weighted by Gasteiger charge is 2.16. The number of rotatable bonds is 1. The van der Waals surface area contributed by atoms with Gasteiger partial charge >= 0.3 is 10.4 Å². The van der Waals surface area contributed by atoms with Crippen LogP contribution in [0, 0.1) is 0 Å². The molecule has 0 aliphatic rings. The normalized spacial score (nSPS) is 14.6. The van der Waals surface area contributed by atoms with Crippen molar-refractivity contribution in [1.29, 1.82) is 0 Å². The van der Waals surface area contributed by atoms with Gasteiger partial charge in [-0.1, -0.05) is 0 Å². The van der Waals surface area contributed by atoms with Gasteiger partial charge in [0, 0.05) is 6.04 Å². The van der Waals surface area contributed by atoms with Gasteiger partial charge in [-0.25, -0.2) is 0 Å². The molecule has 0 aromatic heterocycles. The van der Waals surface area contributed by atoms with Crippen molar-refractivity contribution in [2.75, 3.05) is 0 Å². The third kappa shape index (κ3) is 22.6. The quantitative estimate of drug-likeness (QED) is 0.422. The van der Waals surface area contributed by atoms with E-state index in [0.29, 0.717) is 0 Å². The first kappa shape index (κ1) is 14.3. The van der Waals surface area contributed by atoms with Crippen LogP contribution in [0.1, 0.15) is 20.8 Å². The minimum absolute atomic E-state index is 0.146. The van der Waals surface area contributed by atoms with E-state index in [-0.39, 0.29) is 6.04 Å². The summed E-state index contributed by atoms with van der Waals surface area (Å²) in [6.07, 6.45) is 0. The maximum atomic E-state index is 8.97. The Labute approximate surface area is 72.0 Å². The molecule has 76 valence electrons. The first-order valence-electron chi connectivity index (χ1n) is 3.12. The van der Waals surface area contributed by atoms with Gasteiger partial charge in [-0.15, -0.1) is 0 Å². The fraction of sp³-hybridized carbons (Fsp3) is 1.00. The van der Waals surface area contributed by atoms with E-state index in [9.17, 15) is 0 Å². The Kier molecular flexibility index (Phi) is 5.64. The van der Waals surface area contributed by atoms with Crippen molar-refractivity contribution in [3.63, 3.8) is 0 Å². The number of aliphatic hydroxyl groups is 1. The maximum absolute atomic E-state index is 8.97. The predicted octanol–water partition coefficient (Wildman–Crippen LogP) is -0.548. The van der Waals surface area contributed by atoms with Crippen LogP contribution >= 0.6 is 0 Å². The molecular weight excluding hydrogens is 186 g/mol. The minimum atomic E-state index is -4.67. The second-order valence-corrected chi connectivity index (χ2v) is 3.79. The van der Waals surface area contributed by atoms with Crippen LogP contribution in [0.2, 0.25) is 0 Å². The Morgan fingerprint density at radius 3 is 1.42 bits per heavy atom. The topological polar surface area (TPSA) is 121 Å². The highest BCUT2D eigenvalue weighted by Crippen LogP contribution is 2.03. The van der Waals surface area contributed by atoms with Crippen molar-refractivity contribution in [3.8, 4) is 0 Å². The van der Waals surface area contributed by atoms with E-state index in [1.165, 1.54) is 0 Å². The molecule has 6 nitrogen and oxygen atoms in total. The molecule has 0 fully saturated rings. The molecule has 0 heterocycles. The molecule has 0 aliphatic carbocycles. The van der Waals surface area contributed by atoms with Gasteiger partial charge in [-0.3, -0.25) is 9.11 Å². The molecule has 0 aromatic rings. The number of hydrogen-bond donors (Lipinski definition) is 4. The van der Waals surface area contributed by atoms with E-state index in [1.54, 1.807) is 20.8 Å². The maximum Gasteiger partial charge on any atom is 0.394 e. The van der Waals surface area contributed by atoms with E-state index in [1.807, 2.05) is 0 Å². The third-order valence-electron chi connectivity index (χ3n) is 1.11. The highest BCUT2D eigenvalue weighted by molar-refractivity contribution is 7.79. The third-order valence-corrected chi connectivity index (χ3v) is 1.11. The summed E-state index contributed by atoms with van der Waals surface area (Å²) in [7, 11) is -4.67. The lowest BCUT2D eigenvalue weighted by atomic mass is 10.0. The SMILES string of the molecule is CC(N)C(C)(C)O.O=S(=O)(O)O. The summed E-state index contributed by atoms with van der Waals surface area (Å²) >= 11 is 0. The Morgan fingerprint density at radius 1 is 1.33 bits per heavy atom. The smallest absolute Gasteiger partial charge is 0.389 e. The van der Waals surface area contributed by atoms with Crippen LogP contribution in [0.5, 0.6) is 0 Å². The summed E-state index contributed by atoms with van der Waals surface area (Å²) < 4.78 is 31.6. The molecule has 0 rings (SSSR count). The average Bonchev–Trinajstić information content (AvgIpc) is 1.55. The number of nitrogens with two attached hydrogens (primary N) is 1. The van der Waals surface area contributed by atoms with Crippen LogP contribution in [-0.4, -0.2) is 34.3 Å². The summed E-state index contributed by atoms with van der Waals surface area (Å²) in [6, 6.07) is -0.146. The zero-order chi connectivity index (χ0) is 10.6. The predicted molar refractivity (Wildman–Crippen MR) is 44.1 cm³/mol. The second-order valence-electron chi connectivity index (χ2n) is 2.89. The van der Waals surface area contributed by atoms with Gasteiger partial charge in [0.1, 0.15) is 0 Å². The largest absolute Gasteiger partial charge is 0.394 e. The lowest BCUT2D eigenvalue weighted by Crippen LogP contribution is -2.40. The fourth-order valence-corrected chi connectivity index (χ4v) is 0. The van der Waals surface area contributed by atoms with E-state index in [2.05, 4.69) is 0 Å². The fourth-order valence-electron chi connectivity index (χ4n) is 0. The van der Waals surface area contributed by atoms with E-state index >= 15 is 0 Å². The molecule has 0 amide bonds. The molecule has 7 heteroatoms. The van der Waals surface area contributed by atoms with Crippen LogP contribution in [-0.2, 0) is 10.4 Å². The van der Waals surface area contributed by atoms with Crippen LogP contribution in [0.3, 0.4) is 0 Å². The molecule has 0 spiro atoms. The number of hydrogen-bond acceptors (Lipinski definition) is 4. The first-order valence-corrected chi connectivity index (χ1v) is 4.52. The highest BCUT2D eigenvalue weighted by atomic mass is 32.3. The zero-order valence-electron chi connectivity index (χ0n) is 7.22. The van der Waals surface area contributed by atoms with Crippen molar-refractivity contribution in [1.82, 2.24) is 0 Å². The van der Waals surface area contributed by atoms with Crippen LogP contribution < -0.4 is 5.73 Å². The zero-order valence-corrected chi connectivity index (χ0v) is 8.04. The summed E-state index contributed by atoms with van der Waals surface area (Å²) in [5, 5.41) is 8.97. The minimum Gasteiger partial charge on any atom is -0.389 e.